The Morgan fingerprint density at radius 1 is 1.41 bits per heavy atom. The standard InChI is InChI=1S/C13H15NO3/c15-13(16)11-7-14-6-10(11)8-1-2-12-9(5-8)3-4-17-12/h1-2,5,10-11,14H,3-4,6-7H2,(H,15,16)/t10-,11+/m0/s1. The number of aliphatic carboxylic acids is 1. The van der Waals surface area contributed by atoms with Crippen LogP contribution in [0.3, 0.4) is 0 Å². The molecule has 0 unspecified atom stereocenters. The summed E-state index contributed by atoms with van der Waals surface area (Å²) >= 11 is 0. The second kappa shape index (κ2) is 4.04. The van der Waals surface area contributed by atoms with Gasteiger partial charge in [0.15, 0.2) is 0 Å². The van der Waals surface area contributed by atoms with E-state index in [4.69, 9.17) is 4.74 Å². The van der Waals surface area contributed by atoms with E-state index in [0.29, 0.717) is 6.54 Å². The normalized spacial score (nSPS) is 26.6. The summed E-state index contributed by atoms with van der Waals surface area (Å²) in [4.78, 5) is 11.2. The molecule has 4 heteroatoms. The van der Waals surface area contributed by atoms with Gasteiger partial charge >= 0.3 is 5.97 Å². The number of ether oxygens (including phenoxy) is 1. The average molecular weight is 233 g/mol. The summed E-state index contributed by atoms with van der Waals surface area (Å²) in [6.45, 7) is 2.05. The fourth-order valence-corrected chi connectivity index (χ4v) is 2.73. The second-order valence-corrected chi connectivity index (χ2v) is 4.68. The first-order valence-corrected chi connectivity index (χ1v) is 5.95. The number of nitrogens with one attached hydrogen (secondary N) is 1. The zero-order valence-corrected chi connectivity index (χ0v) is 9.48. The van der Waals surface area contributed by atoms with Crippen molar-refractivity contribution in [1.29, 1.82) is 0 Å². The van der Waals surface area contributed by atoms with Crippen LogP contribution in [0, 0.1) is 5.92 Å². The molecule has 1 aromatic rings. The van der Waals surface area contributed by atoms with E-state index in [1.165, 1.54) is 5.56 Å². The fourth-order valence-electron chi connectivity index (χ4n) is 2.73. The quantitative estimate of drug-likeness (QED) is 0.800. The molecule has 0 bridgehead atoms. The van der Waals surface area contributed by atoms with Gasteiger partial charge in [0.2, 0.25) is 0 Å². The number of carboxylic acids is 1. The Morgan fingerprint density at radius 2 is 2.29 bits per heavy atom. The molecule has 2 atom stereocenters. The summed E-state index contributed by atoms with van der Waals surface area (Å²) in [5.74, 6) is 0.0112. The Kier molecular flexibility index (Phi) is 2.52. The first-order chi connectivity index (χ1) is 8.25. The van der Waals surface area contributed by atoms with Gasteiger partial charge in [-0.15, -0.1) is 0 Å². The molecule has 0 radical (unpaired) electrons. The van der Waals surface area contributed by atoms with Crippen LogP contribution in [0.4, 0.5) is 0 Å². The molecule has 4 nitrogen and oxygen atoms in total. The topological polar surface area (TPSA) is 58.6 Å². The van der Waals surface area contributed by atoms with E-state index in [1.807, 2.05) is 12.1 Å². The summed E-state index contributed by atoms with van der Waals surface area (Å²) in [5.41, 5.74) is 2.32. The van der Waals surface area contributed by atoms with Gasteiger partial charge in [-0.3, -0.25) is 4.79 Å². The van der Waals surface area contributed by atoms with Crippen molar-refractivity contribution in [2.24, 2.45) is 5.92 Å². The van der Waals surface area contributed by atoms with E-state index < -0.39 is 5.97 Å². The van der Waals surface area contributed by atoms with Crippen molar-refractivity contribution in [3.63, 3.8) is 0 Å². The van der Waals surface area contributed by atoms with Crippen molar-refractivity contribution in [3.05, 3.63) is 29.3 Å². The van der Waals surface area contributed by atoms with E-state index in [1.54, 1.807) is 0 Å². The number of rotatable bonds is 2. The molecule has 0 aliphatic carbocycles. The van der Waals surface area contributed by atoms with Crippen LogP contribution < -0.4 is 10.1 Å². The first kappa shape index (κ1) is 10.6. The van der Waals surface area contributed by atoms with Crippen LogP contribution in [0.15, 0.2) is 18.2 Å². The molecule has 3 rings (SSSR count). The highest BCUT2D eigenvalue weighted by molar-refractivity contribution is 5.72. The maximum Gasteiger partial charge on any atom is 0.308 e. The summed E-state index contributed by atoms with van der Waals surface area (Å²) in [6.07, 6.45) is 0.932. The minimum Gasteiger partial charge on any atom is -0.493 e. The average Bonchev–Trinajstić information content (AvgIpc) is 2.96. The zero-order chi connectivity index (χ0) is 11.8. The smallest absolute Gasteiger partial charge is 0.308 e. The monoisotopic (exact) mass is 233 g/mol. The number of fused-ring (bicyclic) bond motifs is 1. The Labute approximate surface area is 99.6 Å². The predicted molar refractivity (Wildman–Crippen MR) is 62.4 cm³/mol. The lowest BCUT2D eigenvalue weighted by Gasteiger charge is -2.15. The van der Waals surface area contributed by atoms with Crippen molar-refractivity contribution in [1.82, 2.24) is 5.32 Å². The van der Waals surface area contributed by atoms with E-state index in [9.17, 15) is 9.90 Å². The highest BCUT2D eigenvalue weighted by atomic mass is 16.5. The molecule has 2 aliphatic rings. The Bertz CT molecular complexity index is 458. The van der Waals surface area contributed by atoms with Crippen molar-refractivity contribution < 1.29 is 14.6 Å². The maximum atomic E-state index is 11.2. The van der Waals surface area contributed by atoms with Gasteiger partial charge in [0.05, 0.1) is 12.5 Å². The second-order valence-electron chi connectivity index (χ2n) is 4.68. The molecule has 2 aliphatic heterocycles. The van der Waals surface area contributed by atoms with E-state index in [-0.39, 0.29) is 11.8 Å². The number of hydrogen-bond acceptors (Lipinski definition) is 3. The van der Waals surface area contributed by atoms with Crippen molar-refractivity contribution in [2.45, 2.75) is 12.3 Å². The molecule has 90 valence electrons. The van der Waals surface area contributed by atoms with Gasteiger partial charge in [0, 0.05) is 25.4 Å². The highest BCUT2D eigenvalue weighted by Crippen LogP contribution is 2.33. The molecule has 17 heavy (non-hydrogen) atoms. The number of carbonyl (C=O) groups is 1. The molecule has 2 N–H and O–H groups in total. The molecular weight excluding hydrogens is 218 g/mol. The van der Waals surface area contributed by atoms with Crippen LogP contribution in [-0.4, -0.2) is 30.8 Å². The lowest BCUT2D eigenvalue weighted by atomic mass is 9.88. The molecule has 0 spiro atoms. The first-order valence-electron chi connectivity index (χ1n) is 5.95. The Morgan fingerprint density at radius 3 is 3.12 bits per heavy atom. The predicted octanol–water partition coefficient (Wildman–Crippen LogP) is 1.01. The van der Waals surface area contributed by atoms with Crippen LogP contribution in [0.25, 0.3) is 0 Å². The number of hydrogen-bond donors (Lipinski definition) is 2. The zero-order valence-electron chi connectivity index (χ0n) is 9.48. The molecule has 1 saturated heterocycles. The highest BCUT2D eigenvalue weighted by Gasteiger charge is 2.34. The van der Waals surface area contributed by atoms with Crippen LogP contribution in [-0.2, 0) is 11.2 Å². The van der Waals surface area contributed by atoms with Gasteiger partial charge in [-0.25, -0.2) is 0 Å². The molecular formula is C13H15NO3. The lowest BCUT2D eigenvalue weighted by molar-refractivity contribution is -0.141. The SMILES string of the molecule is O=C(O)[C@@H]1CNC[C@H]1c1ccc2c(c1)CCO2. The summed E-state index contributed by atoms with van der Waals surface area (Å²) < 4.78 is 5.46. The van der Waals surface area contributed by atoms with E-state index >= 15 is 0 Å². The van der Waals surface area contributed by atoms with Crippen LogP contribution in [0.1, 0.15) is 17.0 Å². The fraction of sp³-hybridized carbons (Fsp3) is 0.462. The maximum absolute atomic E-state index is 11.2. The van der Waals surface area contributed by atoms with E-state index in [0.717, 1.165) is 30.9 Å². The third-order valence-corrected chi connectivity index (χ3v) is 3.67. The van der Waals surface area contributed by atoms with Gasteiger partial charge in [0.1, 0.15) is 5.75 Å². The van der Waals surface area contributed by atoms with Gasteiger partial charge in [-0.05, 0) is 17.2 Å². The van der Waals surface area contributed by atoms with Crippen molar-refractivity contribution >= 4 is 5.97 Å². The Hall–Kier alpha value is -1.55. The van der Waals surface area contributed by atoms with Gasteiger partial charge in [-0.2, -0.15) is 0 Å². The minimum atomic E-state index is -0.711. The Balaban J connectivity index is 1.91. The minimum absolute atomic E-state index is 0.0819. The molecule has 1 aromatic carbocycles. The van der Waals surface area contributed by atoms with Gasteiger partial charge < -0.3 is 15.2 Å². The molecule has 0 amide bonds. The van der Waals surface area contributed by atoms with Crippen molar-refractivity contribution in [3.8, 4) is 5.75 Å². The van der Waals surface area contributed by atoms with Crippen LogP contribution in [0.5, 0.6) is 5.75 Å². The van der Waals surface area contributed by atoms with Crippen LogP contribution >= 0.6 is 0 Å². The molecule has 0 saturated carbocycles. The molecule has 1 fully saturated rings. The van der Waals surface area contributed by atoms with Gasteiger partial charge in [-0.1, -0.05) is 12.1 Å². The van der Waals surface area contributed by atoms with Gasteiger partial charge in [0.25, 0.3) is 0 Å². The van der Waals surface area contributed by atoms with Crippen molar-refractivity contribution in [2.75, 3.05) is 19.7 Å². The third kappa shape index (κ3) is 1.78. The summed E-state index contributed by atoms with van der Waals surface area (Å²) in [5, 5.41) is 12.3. The summed E-state index contributed by atoms with van der Waals surface area (Å²) in [6, 6.07) is 6.07. The largest absolute Gasteiger partial charge is 0.493 e. The third-order valence-electron chi connectivity index (χ3n) is 3.67. The molecule has 0 aromatic heterocycles. The van der Waals surface area contributed by atoms with Crippen LogP contribution in [0.2, 0.25) is 0 Å². The number of benzene rings is 1. The lowest BCUT2D eigenvalue weighted by Crippen LogP contribution is -2.21. The van der Waals surface area contributed by atoms with E-state index in [2.05, 4.69) is 11.4 Å². The number of carboxylic acid groups (broad SMARTS) is 1. The summed E-state index contributed by atoms with van der Waals surface area (Å²) in [7, 11) is 0. The molecule has 2 heterocycles.